The van der Waals surface area contributed by atoms with Crippen LogP contribution in [0.4, 0.5) is 11.4 Å². The van der Waals surface area contributed by atoms with Crippen LogP contribution in [0.5, 0.6) is 11.5 Å². The number of benzene rings is 2. The van der Waals surface area contributed by atoms with E-state index in [1.807, 2.05) is 37.2 Å². The monoisotopic (exact) mass is 337 g/mol. The lowest BCUT2D eigenvalue weighted by molar-refractivity contribution is -0.112. The summed E-state index contributed by atoms with van der Waals surface area (Å²) in [6, 6.07) is 13.8. The van der Waals surface area contributed by atoms with Crippen molar-refractivity contribution in [2.24, 2.45) is 0 Å². The second kappa shape index (κ2) is 7.88. The highest BCUT2D eigenvalue weighted by molar-refractivity contribution is 6.09. The van der Waals surface area contributed by atoms with Crippen molar-refractivity contribution in [3.8, 4) is 17.6 Å². The number of hydrogen-bond donors (Lipinski definition) is 2. The van der Waals surface area contributed by atoms with Gasteiger partial charge in [-0.3, -0.25) is 4.79 Å². The summed E-state index contributed by atoms with van der Waals surface area (Å²) < 4.78 is 5.02. The topological polar surface area (TPSA) is 85.6 Å². The Morgan fingerprint density at radius 1 is 1.24 bits per heavy atom. The molecule has 128 valence electrons. The van der Waals surface area contributed by atoms with Crippen LogP contribution >= 0.6 is 0 Å². The lowest BCUT2D eigenvalue weighted by Crippen LogP contribution is -2.14. The van der Waals surface area contributed by atoms with Gasteiger partial charge in [0.15, 0.2) is 11.5 Å². The van der Waals surface area contributed by atoms with Crippen LogP contribution in [0.1, 0.15) is 5.56 Å². The van der Waals surface area contributed by atoms with Crippen molar-refractivity contribution in [2.75, 3.05) is 31.4 Å². The molecule has 0 aromatic heterocycles. The predicted octanol–water partition coefficient (Wildman–Crippen LogP) is 3.01. The first-order valence-corrected chi connectivity index (χ1v) is 7.52. The molecule has 6 nitrogen and oxygen atoms in total. The van der Waals surface area contributed by atoms with E-state index in [1.165, 1.54) is 19.3 Å². The van der Waals surface area contributed by atoms with Gasteiger partial charge in [0.1, 0.15) is 11.6 Å². The summed E-state index contributed by atoms with van der Waals surface area (Å²) in [4.78, 5) is 14.2. The number of phenolic OH excluding ortho intramolecular Hbond substituents is 1. The van der Waals surface area contributed by atoms with Crippen LogP contribution in [0.15, 0.2) is 48.0 Å². The maximum absolute atomic E-state index is 12.3. The molecule has 0 aliphatic rings. The molecule has 0 spiro atoms. The van der Waals surface area contributed by atoms with Gasteiger partial charge in [0.2, 0.25) is 0 Å². The van der Waals surface area contributed by atoms with Gasteiger partial charge in [-0.05, 0) is 48.0 Å². The molecule has 2 aromatic carbocycles. The van der Waals surface area contributed by atoms with Crippen molar-refractivity contribution < 1.29 is 14.6 Å². The van der Waals surface area contributed by atoms with Gasteiger partial charge < -0.3 is 20.1 Å². The molecule has 0 aliphatic heterocycles. The first-order valence-electron chi connectivity index (χ1n) is 7.52. The van der Waals surface area contributed by atoms with Gasteiger partial charge in [-0.15, -0.1) is 0 Å². The van der Waals surface area contributed by atoms with Gasteiger partial charge in [0, 0.05) is 25.5 Å². The molecule has 2 rings (SSSR count). The van der Waals surface area contributed by atoms with Crippen LogP contribution in [-0.4, -0.2) is 32.2 Å². The zero-order valence-electron chi connectivity index (χ0n) is 14.3. The zero-order chi connectivity index (χ0) is 18.4. The molecule has 0 saturated heterocycles. The van der Waals surface area contributed by atoms with Crippen molar-refractivity contribution in [1.82, 2.24) is 0 Å². The first kappa shape index (κ1) is 17.9. The van der Waals surface area contributed by atoms with Crippen molar-refractivity contribution in [2.45, 2.75) is 0 Å². The average Bonchev–Trinajstić information content (AvgIpc) is 2.61. The van der Waals surface area contributed by atoms with Crippen molar-refractivity contribution in [3.63, 3.8) is 0 Å². The minimum atomic E-state index is -0.507. The number of ether oxygens (including phenoxy) is 1. The van der Waals surface area contributed by atoms with Gasteiger partial charge in [-0.25, -0.2) is 0 Å². The molecule has 1 amide bonds. The van der Waals surface area contributed by atoms with Crippen LogP contribution in [0.2, 0.25) is 0 Å². The van der Waals surface area contributed by atoms with E-state index in [0.29, 0.717) is 11.3 Å². The molecule has 0 saturated carbocycles. The Morgan fingerprint density at radius 3 is 2.48 bits per heavy atom. The maximum atomic E-state index is 12.3. The standard InChI is InChI=1S/C19H19N3O3/c1-22(2)16-7-5-15(6-8-16)21-19(24)14(12-20)10-13-4-9-17(23)18(11-13)25-3/h4-11,23H,1-3H3,(H,21,24)/b14-10-. The van der Waals surface area contributed by atoms with Gasteiger partial charge in [0.25, 0.3) is 5.91 Å². The van der Waals surface area contributed by atoms with Crippen LogP contribution < -0.4 is 15.0 Å². The maximum Gasteiger partial charge on any atom is 0.266 e. The van der Waals surface area contributed by atoms with Crippen molar-refractivity contribution in [3.05, 3.63) is 53.6 Å². The highest BCUT2D eigenvalue weighted by atomic mass is 16.5. The van der Waals surface area contributed by atoms with Gasteiger partial charge >= 0.3 is 0 Å². The summed E-state index contributed by atoms with van der Waals surface area (Å²) in [5.41, 5.74) is 2.12. The Morgan fingerprint density at radius 2 is 1.92 bits per heavy atom. The van der Waals surface area contributed by atoms with Crippen LogP contribution in [0.25, 0.3) is 6.08 Å². The van der Waals surface area contributed by atoms with Gasteiger partial charge in [0.05, 0.1) is 7.11 Å². The number of phenols is 1. The normalized spacial score (nSPS) is 10.7. The third kappa shape index (κ3) is 4.52. The second-order valence-electron chi connectivity index (χ2n) is 5.50. The molecular weight excluding hydrogens is 318 g/mol. The molecule has 0 bridgehead atoms. The van der Waals surface area contributed by atoms with E-state index in [4.69, 9.17) is 4.74 Å². The fourth-order valence-corrected chi connectivity index (χ4v) is 2.14. The minimum absolute atomic E-state index is 0.0106. The third-order valence-corrected chi connectivity index (χ3v) is 3.52. The zero-order valence-corrected chi connectivity index (χ0v) is 14.3. The number of amides is 1. The van der Waals surface area contributed by atoms with Gasteiger partial charge in [-0.1, -0.05) is 6.07 Å². The third-order valence-electron chi connectivity index (χ3n) is 3.52. The number of carbonyl (C=O) groups is 1. The Bertz CT molecular complexity index is 834. The first-order chi connectivity index (χ1) is 11.9. The number of carbonyl (C=O) groups excluding carboxylic acids is 1. The average molecular weight is 337 g/mol. The van der Waals surface area contributed by atoms with Crippen molar-refractivity contribution >= 4 is 23.4 Å². The highest BCUT2D eigenvalue weighted by Crippen LogP contribution is 2.27. The molecular formula is C19H19N3O3. The number of rotatable bonds is 5. The highest BCUT2D eigenvalue weighted by Gasteiger charge is 2.11. The molecule has 0 radical (unpaired) electrons. The predicted molar refractivity (Wildman–Crippen MR) is 97.6 cm³/mol. The lowest BCUT2D eigenvalue weighted by Gasteiger charge is -2.13. The summed E-state index contributed by atoms with van der Waals surface area (Å²) in [5.74, 6) is -0.249. The van der Waals surface area contributed by atoms with E-state index in [1.54, 1.807) is 24.3 Å². The second-order valence-corrected chi connectivity index (χ2v) is 5.50. The number of nitrogens with one attached hydrogen (secondary N) is 1. The molecule has 0 fully saturated rings. The number of nitrogens with zero attached hydrogens (tertiary/aromatic N) is 2. The molecule has 0 aliphatic carbocycles. The fraction of sp³-hybridized carbons (Fsp3) is 0.158. The van der Waals surface area contributed by atoms with Crippen LogP contribution in [-0.2, 0) is 4.79 Å². The Hall–Kier alpha value is -3.46. The number of hydrogen-bond acceptors (Lipinski definition) is 5. The Kier molecular flexibility index (Phi) is 5.64. The SMILES string of the molecule is COc1cc(/C=C(/C#N)C(=O)Nc2ccc(N(C)C)cc2)ccc1O. The van der Waals surface area contributed by atoms with E-state index in [0.717, 1.165) is 5.69 Å². The quantitative estimate of drug-likeness (QED) is 0.647. The summed E-state index contributed by atoms with van der Waals surface area (Å²) in [6.45, 7) is 0. The Balaban J connectivity index is 2.19. The molecule has 0 heterocycles. The summed E-state index contributed by atoms with van der Waals surface area (Å²) in [7, 11) is 5.28. The number of anilines is 2. The number of methoxy groups -OCH3 is 1. The summed E-state index contributed by atoms with van der Waals surface area (Å²) in [5, 5.41) is 21.6. The molecule has 6 heteroatoms. The summed E-state index contributed by atoms with van der Waals surface area (Å²) in [6.07, 6.45) is 1.44. The van der Waals surface area contributed by atoms with E-state index in [2.05, 4.69) is 5.32 Å². The van der Waals surface area contributed by atoms with E-state index >= 15 is 0 Å². The van der Waals surface area contributed by atoms with E-state index < -0.39 is 5.91 Å². The Labute approximate surface area is 146 Å². The molecule has 0 atom stereocenters. The van der Waals surface area contributed by atoms with Crippen LogP contribution in [0.3, 0.4) is 0 Å². The summed E-state index contributed by atoms with van der Waals surface area (Å²) >= 11 is 0. The largest absolute Gasteiger partial charge is 0.504 e. The molecule has 2 aromatic rings. The van der Waals surface area contributed by atoms with Crippen LogP contribution in [0, 0.1) is 11.3 Å². The minimum Gasteiger partial charge on any atom is -0.504 e. The molecule has 2 N–H and O–H groups in total. The number of nitriles is 1. The molecule has 0 unspecified atom stereocenters. The van der Waals surface area contributed by atoms with Gasteiger partial charge in [-0.2, -0.15) is 5.26 Å². The van der Waals surface area contributed by atoms with E-state index in [-0.39, 0.29) is 17.1 Å². The van der Waals surface area contributed by atoms with Crippen molar-refractivity contribution in [1.29, 1.82) is 5.26 Å². The number of aromatic hydroxyl groups is 1. The van der Waals surface area contributed by atoms with E-state index in [9.17, 15) is 15.2 Å². The molecule has 25 heavy (non-hydrogen) atoms. The smallest absolute Gasteiger partial charge is 0.266 e. The lowest BCUT2D eigenvalue weighted by atomic mass is 10.1. The fourth-order valence-electron chi connectivity index (χ4n) is 2.14.